The van der Waals surface area contributed by atoms with E-state index in [1.54, 1.807) is 12.1 Å². The molecule has 0 spiro atoms. The lowest BCUT2D eigenvalue weighted by Crippen LogP contribution is -2.28. The Labute approximate surface area is 95.1 Å². The molecule has 1 aromatic rings. The van der Waals surface area contributed by atoms with E-state index in [-0.39, 0.29) is 0 Å². The highest BCUT2D eigenvalue weighted by molar-refractivity contribution is 5.69. The lowest BCUT2D eigenvalue weighted by molar-refractivity contribution is -0.0790. The smallest absolute Gasteiger partial charge is 0.409 e. The summed E-state index contributed by atoms with van der Waals surface area (Å²) >= 11 is 0. The van der Waals surface area contributed by atoms with E-state index in [0.717, 1.165) is 10.8 Å². The summed E-state index contributed by atoms with van der Waals surface area (Å²) in [5.74, 6) is 0.486. The van der Waals surface area contributed by atoms with Crippen LogP contribution in [0, 0.1) is 0 Å². The standard InChI is InChI=1S/C11H16N2O3/c1-12(2)9-6-5-7-10(8-9)16-11(14)13(3)15-4/h5-8H,1-4H3. The Bertz CT molecular complexity index is 366. The Morgan fingerprint density at radius 1 is 1.25 bits per heavy atom. The first kappa shape index (κ1) is 12.3. The summed E-state index contributed by atoms with van der Waals surface area (Å²) in [7, 11) is 6.72. The second kappa shape index (κ2) is 5.37. The van der Waals surface area contributed by atoms with E-state index in [0.29, 0.717) is 5.75 Å². The van der Waals surface area contributed by atoms with Crippen molar-refractivity contribution >= 4 is 11.8 Å². The van der Waals surface area contributed by atoms with E-state index in [4.69, 9.17) is 9.57 Å². The van der Waals surface area contributed by atoms with E-state index in [1.165, 1.54) is 14.2 Å². The van der Waals surface area contributed by atoms with Crippen LogP contribution < -0.4 is 9.64 Å². The molecule has 0 aliphatic heterocycles. The number of hydrogen-bond acceptors (Lipinski definition) is 4. The van der Waals surface area contributed by atoms with Gasteiger partial charge in [-0.15, -0.1) is 0 Å². The van der Waals surface area contributed by atoms with Crippen LogP contribution in [0.15, 0.2) is 24.3 Å². The summed E-state index contributed by atoms with van der Waals surface area (Å²) in [6.45, 7) is 0. The number of rotatable bonds is 3. The lowest BCUT2D eigenvalue weighted by Gasteiger charge is -2.16. The van der Waals surface area contributed by atoms with Crippen molar-refractivity contribution in [3.05, 3.63) is 24.3 Å². The number of amides is 1. The first-order chi connectivity index (χ1) is 7.54. The third-order valence-electron chi connectivity index (χ3n) is 2.07. The van der Waals surface area contributed by atoms with E-state index in [1.807, 2.05) is 31.1 Å². The largest absolute Gasteiger partial charge is 0.439 e. The minimum Gasteiger partial charge on any atom is -0.409 e. The molecule has 0 heterocycles. The SMILES string of the molecule is CON(C)C(=O)Oc1cccc(N(C)C)c1. The fourth-order valence-corrected chi connectivity index (χ4v) is 1.06. The highest BCUT2D eigenvalue weighted by Crippen LogP contribution is 2.19. The molecule has 0 aliphatic carbocycles. The van der Waals surface area contributed by atoms with Crippen molar-refractivity contribution in [2.24, 2.45) is 0 Å². The van der Waals surface area contributed by atoms with Gasteiger partial charge < -0.3 is 9.64 Å². The van der Waals surface area contributed by atoms with Gasteiger partial charge in [-0.1, -0.05) is 6.07 Å². The van der Waals surface area contributed by atoms with Crippen LogP contribution >= 0.6 is 0 Å². The van der Waals surface area contributed by atoms with E-state index in [9.17, 15) is 4.79 Å². The molecule has 88 valence electrons. The van der Waals surface area contributed by atoms with Crippen LogP contribution in [0.5, 0.6) is 5.75 Å². The zero-order valence-electron chi connectivity index (χ0n) is 9.93. The average Bonchev–Trinajstić information content (AvgIpc) is 2.28. The zero-order chi connectivity index (χ0) is 12.1. The van der Waals surface area contributed by atoms with Gasteiger partial charge in [-0.25, -0.2) is 4.79 Å². The minimum absolute atomic E-state index is 0.486. The fraction of sp³-hybridized carbons (Fsp3) is 0.364. The second-order valence-electron chi connectivity index (χ2n) is 3.44. The van der Waals surface area contributed by atoms with Gasteiger partial charge in [0, 0.05) is 32.9 Å². The summed E-state index contributed by atoms with van der Waals surface area (Å²) in [6, 6.07) is 7.25. The highest BCUT2D eigenvalue weighted by atomic mass is 16.7. The highest BCUT2D eigenvalue weighted by Gasteiger charge is 2.10. The number of nitrogens with zero attached hydrogens (tertiary/aromatic N) is 2. The number of ether oxygens (including phenoxy) is 1. The second-order valence-corrected chi connectivity index (χ2v) is 3.44. The molecule has 0 N–H and O–H groups in total. The van der Waals surface area contributed by atoms with Crippen LogP contribution in [0.25, 0.3) is 0 Å². The van der Waals surface area contributed by atoms with Crippen molar-refractivity contribution < 1.29 is 14.4 Å². The van der Waals surface area contributed by atoms with Gasteiger partial charge >= 0.3 is 6.09 Å². The molecule has 0 unspecified atom stereocenters. The van der Waals surface area contributed by atoms with Crippen LogP contribution in [0.4, 0.5) is 10.5 Å². The number of hydroxylamine groups is 2. The first-order valence-corrected chi connectivity index (χ1v) is 4.81. The van der Waals surface area contributed by atoms with Gasteiger partial charge in [0.05, 0.1) is 7.11 Å². The van der Waals surface area contributed by atoms with Crippen molar-refractivity contribution in [1.82, 2.24) is 5.06 Å². The van der Waals surface area contributed by atoms with Crippen LogP contribution in [-0.2, 0) is 4.84 Å². The van der Waals surface area contributed by atoms with Crippen LogP contribution in [0.1, 0.15) is 0 Å². The Balaban J connectivity index is 2.74. The first-order valence-electron chi connectivity index (χ1n) is 4.81. The number of benzene rings is 1. The normalized spacial score (nSPS) is 9.75. The van der Waals surface area contributed by atoms with Gasteiger partial charge in [0.15, 0.2) is 0 Å². The molecule has 0 bridgehead atoms. The molecule has 0 radical (unpaired) electrons. The minimum atomic E-state index is -0.557. The molecule has 0 saturated heterocycles. The van der Waals surface area contributed by atoms with Crippen molar-refractivity contribution in [2.75, 3.05) is 33.2 Å². The zero-order valence-corrected chi connectivity index (χ0v) is 9.93. The van der Waals surface area contributed by atoms with Crippen molar-refractivity contribution in [3.8, 4) is 5.75 Å². The Kier molecular flexibility index (Phi) is 4.13. The van der Waals surface area contributed by atoms with Crippen molar-refractivity contribution in [3.63, 3.8) is 0 Å². The summed E-state index contributed by atoms with van der Waals surface area (Å²) in [6.07, 6.45) is -0.557. The predicted molar refractivity (Wildman–Crippen MR) is 61.6 cm³/mol. The molecule has 0 aromatic heterocycles. The molecule has 16 heavy (non-hydrogen) atoms. The topological polar surface area (TPSA) is 42.0 Å². The molecular formula is C11H16N2O3. The molecule has 1 aromatic carbocycles. The molecule has 1 amide bonds. The number of carbonyl (C=O) groups is 1. The summed E-state index contributed by atoms with van der Waals surface area (Å²) in [5, 5.41) is 1.02. The summed E-state index contributed by atoms with van der Waals surface area (Å²) in [4.78, 5) is 18.0. The van der Waals surface area contributed by atoms with Gasteiger partial charge in [0.25, 0.3) is 0 Å². The molecule has 0 aliphatic rings. The molecular weight excluding hydrogens is 208 g/mol. The molecule has 5 heteroatoms. The van der Waals surface area contributed by atoms with E-state index >= 15 is 0 Å². The number of hydrogen-bond donors (Lipinski definition) is 0. The molecule has 0 fully saturated rings. The van der Waals surface area contributed by atoms with Gasteiger partial charge in [-0.2, -0.15) is 5.06 Å². The third-order valence-corrected chi connectivity index (χ3v) is 2.07. The van der Waals surface area contributed by atoms with Crippen LogP contribution in [0.2, 0.25) is 0 Å². The summed E-state index contributed by atoms with van der Waals surface area (Å²) < 4.78 is 5.09. The number of anilines is 1. The Morgan fingerprint density at radius 3 is 2.50 bits per heavy atom. The van der Waals surface area contributed by atoms with Gasteiger partial charge in [-0.3, -0.25) is 4.84 Å². The summed E-state index contributed by atoms with van der Waals surface area (Å²) in [5.41, 5.74) is 0.963. The van der Waals surface area contributed by atoms with Crippen molar-refractivity contribution in [2.45, 2.75) is 0 Å². The molecule has 5 nitrogen and oxygen atoms in total. The van der Waals surface area contributed by atoms with Crippen molar-refractivity contribution in [1.29, 1.82) is 0 Å². The van der Waals surface area contributed by atoms with Gasteiger partial charge in [0.2, 0.25) is 0 Å². The maximum absolute atomic E-state index is 11.4. The maximum Gasteiger partial charge on any atom is 0.439 e. The molecule has 0 atom stereocenters. The quantitative estimate of drug-likeness (QED) is 0.733. The van der Waals surface area contributed by atoms with Crippen LogP contribution in [-0.4, -0.2) is 39.4 Å². The average molecular weight is 224 g/mol. The van der Waals surface area contributed by atoms with E-state index < -0.39 is 6.09 Å². The lowest BCUT2D eigenvalue weighted by atomic mass is 10.3. The van der Waals surface area contributed by atoms with Gasteiger partial charge in [-0.05, 0) is 12.1 Å². The monoisotopic (exact) mass is 224 g/mol. The fourth-order valence-electron chi connectivity index (χ4n) is 1.06. The maximum atomic E-state index is 11.4. The molecule has 0 saturated carbocycles. The van der Waals surface area contributed by atoms with Gasteiger partial charge in [0.1, 0.15) is 5.75 Å². The number of carbonyl (C=O) groups excluding carboxylic acids is 1. The Morgan fingerprint density at radius 2 is 1.94 bits per heavy atom. The Hall–Kier alpha value is -1.75. The predicted octanol–water partition coefficient (Wildman–Crippen LogP) is 1.74. The van der Waals surface area contributed by atoms with Crippen LogP contribution in [0.3, 0.4) is 0 Å². The molecule has 1 rings (SSSR count). The van der Waals surface area contributed by atoms with E-state index in [2.05, 4.69) is 0 Å². The third kappa shape index (κ3) is 3.13.